The number of hydrogen-bond donors (Lipinski definition) is 0. The van der Waals surface area contributed by atoms with E-state index in [0.29, 0.717) is 11.1 Å². The Balaban J connectivity index is 2.12. The molecule has 1 aromatic rings. The summed E-state index contributed by atoms with van der Waals surface area (Å²) in [5, 5.41) is 0.657. The van der Waals surface area contributed by atoms with Gasteiger partial charge < -0.3 is 4.74 Å². The van der Waals surface area contributed by atoms with Gasteiger partial charge in [0.05, 0.1) is 16.8 Å². The Labute approximate surface area is 109 Å². The van der Waals surface area contributed by atoms with Crippen LogP contribution in [0.4, 0.5) is 0 Å². The molecule has 2 atom stereocenters. The fourth-order valence-corrected chi connectivity index (χ4v) is 2.67. The van der Waals surface area contributed by atoms with Gasteiger partial charge in [-0.1, -0.05) is 18.5 Å². The van der Waals surface area contributed by atoms with Crippen molar-refractivity contribution in [3.8, 4) is 5.75 Å². The van der Waals surface area contributed by atoms with Gasteiger partial charge in [0.25, 0.3) is 0 Å². The average molecular weight is 305 g/mol. The van der Waals surface area contributed by atoms with E-state index in [4.69, 9.17) is 16.3 Å². The molecule has 0 unspecified atom stereocenters. The molecule has 2 rings (SSSR count). The minimum Gasteiger partial charge on any atom is -0.488 e. The van der Waals surface area contributed by atoms with Crippen LogP contribution in [-0.2, 0) is 0 Å². The second-order valence-corrected chi connectivity index (χ2v) is 5.66. The van der Waals surface area contributed by atoms with Crippen LogP contribution in [0.5, 0.6) is 5.75 Å². The molecule has 0 N–H and O–H groups in total. The third-order valence-electron chi connectivity index (χ3n) is 3.01. The lowest BCUT2D eigenvalue weighted by molar-refractivity contribution is 0.203. The van der Waals surface area contributed by atoms with Crippen LogP contribution in [0.2, 0.25) is 5.02 Å². The molecule has 88 valence electrons. The summed E-state index contributed by atoms with van der Waals surface area (Å²) in [5.74, 6) is 1.52. The SMILES string of the molecule is Cc1nc(Br)c(O[C@@H]2CC[C@H](C)C2)cc1Cl. The Kier molecular flexibility index (Phi) is 3.75. The lowest BCUT2D eigenvalue weighted by atomic mass is 10.1. The van der Waals surface area contributed by atoms with E-state index in [9.17, 15) is 0 Å². The Morgan fingerprint density at radius 2 is 2.25 bits per heavy atom. The van der Waals surface area contributed by atoms with E-state index >= 15 is 0 Å². The lowest BCUT2D eigenvalue weighted by Crippen LogP contribution is -2.12. The molecule has 0 aliphatic heterocycles. The minimum absolute atomic E-state index is 0.312. The van der Waals surface area contributed by atoms with Gasteiger partial charge in [0.15, 0.2) is 5.75 Å². The molecule has 1 saturated carbocycles. The summed E-state index contributed by atoms with van der Waals surface area (Å²) in [6, 6.07) is 1.84. The van der Waals surface area contributed by atoms with E-state index < -0.39 is 0 Å². The van der Waals surface area contributed by atoms with Crippen molar-refractivity contribution in [3.05, 3.63) is 21.4 Å². The number of rotatable bonds is 2. The van der Waals surface area contributed by atoms with Crippen LogP contribution in [0, 0.1) is 12.8 Å². The summed E-state index contributed by atoms with van der Waals surface area (Å²) in [6.45, 7) is 4.15. The number of hydrogen-bond acceptors (Lipinski definition) is 2. The first-order valence-corrected chi connectivity index (χ1v) is 6.72. The van der Waals surface area contributed by atoms with Gasteiger partial charge >= 0.3 is 0 Å². The van der Waals surface area contributed by atoms with E-state index in [1.54, 1.807) is 0 Å². The van der Waals surface area contributed by atoms with E-state index in [1.165, 1.54) is 6.42 Å². The Hall–Kier alpha value is -0.280. The fraction of sp³-hybridized carbons (Fsp3) is 0.583. The van der Waals surface area contributed by atoms with Crippen molar-refractivity contribution in [1.29, 1.82) is 0 Å². The molecule has 0 aromatic carbocycles. The molecule has 2 nitrogen and oxygen atoms in total. The van der Waals surface area contributed by atoms with Gasteiger partial charge in [-0.25, -0.2) is 4.98 Å². The number of halogens is 2. The van der Waals surface area contributed by atoms with Gasteiger partial charge in [0, 0.05) is 6.07 Å². The van der Waals surface area contributed by atoms with E-state index in [-0.39, 0.29) is 0 Å². The van der Waals surface area contributed by atoms with Crippen LogP contribution < -0.4 is 4.74 Å². The summed E-state index contributed by atoms with van der Waals surface area (Å²) in [6.07, 6.45) is 3.80. The van der Waals surface area contributed by atoms with Crippen LogP contribution in [0.1, 0.15) is 31.9 Å². The molecule has 0 amide bonds. The first kappa shape index (κ1) is 12.2. The van der Waals surface area contributed by atoms with Crippen LogP contribution in [0.25, 0.3) is 0 Å². The minimum atomic E-state index is 0.312. The van der Waals surface area contributed by atoms with Gasteiger partial charge in [-0.05, 0) is 48.0 Å². The number of nitrogens with zero attached hydrogens (tertiary/aromatic N) is 1. The summed E-state index contributed by atoms with van der Waals surface area (Å²) in [7, 11) is 0. The summed E-state index contributed by atoms with van der Waals surface area (Å²) >= 11 is 9.45. The molecule has 4 heteroatoms. The zero-order chi connectivity index (χ0) is 11.7. The molecule has 1 aromatic heterocycles. The second kappa shape index (κ2) is 4.92. The molecule has 1 fully saturated rings. The van der Waals surface area contributed by atoms with Crippen molar-refractivity contribution in [2.45, 2.75) is 39.2 Å². The highest BCUT2D eigenvalue weighted by molar-refractivity contribution is 9.10. The molecular formula is C12H15BrClNO. The smallest absolute Gasteiger partial charge is 0.153 e. The highest BCUT2D eigenvalue weighted by Gasteiger charge is 2.23. The number of pyridine rings is 1. The van der Waals surface area contributed by atoms with Crippen molar-refractivity contribution in [3.63, 3.8) is 0 Å². The Morgan fingerprint density at radius 1 is 1.50 bits per heavy atom. The maximum Gasteiger partial charge on any atom is 0.153 e. The van der Waals surface area contributed by atoms with Crippen LogP contribution >= 0.6 is 27.5 Å². The molecule has 0 radical (unpaired) electrons. The molecule has 0 spiro atoms. The first-order chi connectivity index (χ1) is 7.56. The van der Waals surface area contributed by atoms with Crippen molar-refractivity contribution in [1.82, 2.24) is 4.98 Å². The predicted octanol–water partition coefficient (Wildman–Crippen LogP) is 4.37. The van der Waals surface area contributed by atoms with E-state index in [0.717, 1.165) is 34.8 Å². The molecule has 0 saturated heterocycles. The lowest BCUT2D eigenvalue weighted by Gasteiger charge is -2.15. The van der Waals surface area contributed by atoms with Gasteiger partial charge in [0.1, 0.15) is 4.60 Å². The largest absolute Gasteiger partial charge is 0.488 e. The number of aromatic nitrogens is 1. The van der Waals surface area contributed by atoms with Crippen molar-refractivity contribution in [2.24, 2.45) is 5.92 Å². The Morgan fingerprint density at radius 3 is 2.88 bits per heavy atom. The third-order valence-corrected chi connectivity index (χ3v) is 3.96. The van der Waals surface area contributed by atoms with Crippen LogP contribution in [0.3, 0.4) is 0 Å². The average Bonchev–Trinajstić information content (AvgIpc) is 2.60. The van der Waals surface area contributed by atoms with Crippen molar-refractivity contribution < 1.29 is 4.74 Å². The second-order valence-electron chi connectivity index (χ2n) is 4.50. The quantitative estimate of drug-likeness (QED) is 0.757. The zero-order valence-electron chi connectivity index (χ0n) is 9.46. The molecule has 16 heavy (non-hydrogen) atoms. The van der Waals surface area contributed by atoms with E-state index in [1.807, 2.05) is 13.0 Å². The maximum absolute atomic E-state index is 6.04. The monoisotopic (exact) mass is 303 g/mol. The standard InChI is InChI=1S/C12H15BrClNO/c1-7-3-4-9(5-7)16-11-6-10(14)8(2)15-12(11)13/h6-7,9H,3-5H2,1-2H3/t7-,9+/m0/s1. The van der Waals surface area contributed by atoms with Gasteiger partial charge in [-0.15, -0.1) is 0 Å². The zero-order valence-corrected chi connectivity index (χ0v) is 11.8. The maximum atomic E-state index is 6.04. The first-order valence-electron chi connectivity index (χ1n) is 5.55. The molecule has 0 bridgehead atoms. The normalized spacial score (nSPS) is 24.8. The molecule has 1 heterocycles. The topological polar surface area (TPSA) is 22.1 Å². The highest BCUT2D eigenvalue weighted by Crippen LogP contribution is 2.33. The molecule has 1 aliphatic rings. The number of aryl methyl sites for hydroxylation is 1. The van der Waals surface area contributed by atoms with Crippen molar-refractivity contribution in [2.75, 3.05) is 0 Å². The van der Waals surface area contributed by atoms with E-state index in [2.05, 4.69) is 27.8 Å². The summed E-state index contributed by atoms with van der Waals surface area (Å²) < 4.78 is 6.66. The van der Waals surface area contributed by atoms with Gasteiger partial charge in [-0.2, -0.15) is 0 Å². The van der Waals surface area contributed by atoms with Gasteiger partial charge in [-0.3, -0.25) is 0 Å². The summed E-state index contributed by atoms with van der Waals surface area (Å²) in [4.78, 5) is 4.29. The van der Waals surface area contributed by atoms with Crippen molar-refractivity contribution >= 4 is 27.5 Å². The fourth-order valence-electron chi connectivity index (χ4n) is 2.06. The summed E-state index contributed by atoms with van der Waals surface area (Å²) in [5.41, 5.74) is 0.820. The van der Waals surface area contributed by atoms with Crippen LogP contribution in [-0.4, -0.2) is 11.1 Å². The van der Waals surface area contributed by atoms with Gasteiger partial charge in [0.2, 0.25) is 0 Å². The predicted molar refractivity (Wildman–Crippen MR) is 69.1 cm³/mol. The Bertz CT molecular complexity index is 397. The highest BCUT2D eigenvalue weighted by atomic mass is 79.9. The number of ether oxygens (including phenoxy) is 1. The van der Waals surface area contributed by atoms with Crippen LogP contribution in [0.15, 0.2) is 10.7 Å². The molecule has 1 aliphatic carbocycles. The third kappa shape index (κ3) is 2.69. The molecular weight excluding hydrogens is 289 g/mol.